The highest BCUT2D eigenvalue weighted by atomic mass is 16.8. The summed E-state index contributed by atoms with van der Waals surface area (Å²) >= 11 is 0. The molecular weight excluding hydrogens is 382 g/mol. The van der Waals surface area contributed by atoms with Crippen LogP contribution >= 0.6 is 0 Å². The molecule has 2 aliphatic rings. The Labute approximate surface area is 168 Å². The number of methoxy groups -OCH3 is 1. The molecule has 0 aliphatic carbocycles. The Hall–Kier alpha value is -2.68. The summed E-state index contributed by atoms with van der Waals surface area (Å²) in [7, 11) is 1.51. The number of esters is 1. The Morgan fingerprint density at radius 2 is 2.14 bits per heavy atom. The van der Waals surface area contributed by atoms with Gasteiger partial charge in [-0.05, 0) is 50.9 Å². The van der Waals surface area contributed by atoms with Crippen LogP contribution in [0.1, 0.15) is 39.2 Å². The van der Waals surface area contributed by atoms with Gasteiger partial charge < -0.3 is 28.4 Å². The Kier molecular flexibility index (Phi) is 6.07. The maximum atomic E-state index is 12.7. The van der Waals surface area contributed by atoms with Crippen molar-refractivity contribution in [2.75, 3.05) is 20.5 Å². The molecule has 1 fully saturated rings. The van der Waals surface area contributed by atoms with Crippen LogP contribution in [0.2, 0.25) is 0 Å². The number of azide groups is 1. The molecule has 0 bridgehead atoms. The molecule has 4 atom stereocenters. The summed E-state index contributed by atoms with van der Waals surface area (Å²) in [6.45, 7) is 7.31. The predicted octanol–water partition coefficient (Wildman–Crippen LogP) is 3.29. The maximum absolute atomic E-state index is 12.7. The number of hydrogen-bond acceptors (Lipinski definition) is 8. The fourth-order valence-corrected chi connectivity index (χ4v) is 3.77. The number of carbonyl (C=O) groups is 1. The predicted molar refractivity (Wildman–Crippen MR) is 101 cm³/mol. The van der Waals surface area contributed by atoms with Crippen LogP contribution in [-0.4, -0.2) is 50.5 Å². The van der Waals surface area contributed by atoms with Crippen molar-refractivity contribution in [3.63, 3.8) is 0 Å². The Morgan fingerprint density at radius 3 is 2.72 bits per heavy atom. The largest absolute Gasteiger partial charge is 0.493 e. The van der Waals surface area contributed by atoms with Crippen LogP contribution < -0.4 is 14.2 Å². The number of rotatable bonds is 7. The van der Waals surface area contributed by atoms with Crippen molar-refractivity contribution < 1.29 is 33.2 Å². The van der Waals surface area contributed by atoms with Crippen molar-refractivity contribution in [3.05, 3.63) is 28.1 Å². The first-order valence-electron chi connectivity index (χ1n) is 9.35. The van der Waals surface area contributed by atoms with Crippen LogP contribution in [0.3, 0.4) is 0 Å². The van der Waals surface area contributed by atoms with Crippen LogP contribution in [0.15, 0.2) is 17.2 Å². The van der Waals surface area contributed by atoms with Crippen LogP contribution in [-0.2, 0) is 19.0 Å². The fourth-order valence-electron chi connectivity index (χ4n) is 3.77. The highest BCUT2D eigenvalue weighted by molar-refractivity contribution is 5.78. The number of carbonyl (C=O) groups excluding carboxylic acids is 1. The van der Waals surface area contributed by atoms with E-state index in [-0.39, 0.29) is 19.5 Å². The maximum Gasteiger partial charge on any atom is 0.315 e. The van der Waals surface area contributed by atoms with Gasteiger partial charge in [0, 0.05) is 10.8 Å². The SMILES string of the molecule is CCOC(=O)C(N=[N+]=[N-])[C@@H](c1cc(OC)c2c(c1)OCO2)[C@H]1OC(C)(C)O[C@@H]1C. The van der Waals surface area contributed by atoms with Gasteiger partial charge >= 0.3 is 5.97 Å². The molecule has 2 heterocycles. The molecule has 0 radical (unpaired) electrons. The number of hydrogen-bond donors (Lipinski definition) is 0. The van der Waals surface area contributed by atoms with Gasteiger partial charge in [-0.3, -0.25) is 4.79 Å². The number of nitrogens with zero attached hydrogens (tertiary/aromatic N) is 3. The molecule has 29 heavy (non-hydrogen) atoms. The van der Waals surface area contributed by atoms with Gasteiger partial charge in [-0.2, -0.15) is 0 Å². The molecule has 0 N–H and O–H groups in total. The lowest BCUT2D eigenvalue weighted by Crippen LogP contribution is -2.39. The molecule has 1 aromatic carbocycles. The summed E-state index contributed by atoms with van der Waals surface area (Å²) in [5.74, 6) is -0.827. The van der Waals surface area contributed by atoms with Crippen molar-refractivity contribution in [1.82, 2.24) is 0 Å². The summed E-state index contributed by atoms with van der Waals surface area (Å²) in [5, 5.41) is 3.75. The van der Waals surface area contributed by atoms with E-state index in [2.05, 4.69) is 10.0 Å². The molecule has 0 aromatic heterocycles. The van der Waals surface area contributed by atoms with E-state index in [4.69, 9.17) is 34.0 Å². The van der Waals surface area contributed by atoms with Crippen molar-refractivity contribution in [1.29, 1.82) is 0 Å². The number of benzene rings is 1. The molecule has 3 rings (SSSR count). The first-order chi connectivity index (χ1) is 13.8. The summed E-state index contributed by atoms with van der Waals surface area (Å²) in [6.07, 6.45) is -0.966. The van der Waals surface area contributed by atoms with Gasteiger partial charge in [-0.15, -0.1) is 0 Å². The van der Waals surface area contributed by atoms with Gasteiger partial charge in [0.05, 0.1) is 25.9 Å². The first-order valence-corrected chi connectivity index (χ1v) is 9.35. The minimum atomic E-state index is -1.17. The smallest absolute Gasteiger partial charge is 0.315 e. The van der Waals surface area contributed by atoms with E-state index >= 15 is 0 Å². The second kappa shape index (κ2) is 8.36. The van der Waals surface area contributed by atoms with Crippen LogP contribution in [0.4, 0.5) is 0 Å². The average Bonchev–Trinajstić information content (AvgIpc) is 3.24. The third-order valence-electron chi connectivity index (χ3n) is 4.82. The molecule has 0 spiro atoms. The van der Waals surface area contributed by atoms with Crippen LogP contribution in [0, 0.1) is 0 Å². The van der Waals surface area contributed by atoms with Crippen molar-refractivity contribution in [3.8, 4) is 17.2 Å². The van der Waals surface area contributed by atoms with E-state index in [1.165, 1.54) is 7.11 Å². The number of fused-ring (bicyclic) bond motifs is 1. The third-order valence-corrected chi connectivity index (χ3v) is 4.82. The summed E-state index contributed by atoms with van der Waals surface area (Å²) < 4.78 is 33.5. The van der Waals surface area contributed by atoms with Gasteiger partial charge in [0.25, 0.3) is 0 Å². The molecule has 1 aromatic rings. The molecule has 1 unspecified atom stereocenters. The van der Waals surface area contributed by atoms with Crippen LogP contribution in [0.5, 0.6) is 17.2 Å². The van der Waals surface area contributed by atoms with Gasteiger partial charge in [-0.1, -0.05) is 5.11 Å². The van der Waals surface area contributed by atoms with E-state index in [1.807, 2.05) is 6.92 Å². The zero-order valence-electron chi connectivity index (χ0n) is 17.1. The van der Waals surface area contributed by atoms with Gasteiger partial charge in [0.15, 0.2) is 17.3 Å². The van der Waals surface area contributed by atoms with Crippen LogP contribution in [0.25, 0.3) is 10.4 Å². The molecule has 2 aliphatic heterocycles. The lowest BCUT2D eigenvalue weighted by Gasteiger charge is -2.30. The quantitative estimate of drug-likeness (QED) is 0.294. The van der Waals surface area contributed by atoms with Gasteiger partial charge in [0.2, 0.25) is 12.5 Å². The minimum Gasteiger partial charge on any atom is -0.493 e. The van der Waals surface area contributed by atoms with Crippen molar-refractivity contribution in [2.24, 2.45) is 5.11 Å². The first kappa shape index (κ1) is 21.0. The highest BCUT2D eigenvalue weighted by Gasteiger charge is 2.48. The van der Waals surface area contributed by atoms with E-state index in [0.717, 1.165) is 0 Å². The molecule has 1 saturated heterocycles. The highest BCUT2D eigenvalue weighted by Crippen LogP contribution is 2.47. The molecule has 0 amide bonds. The van der Waals surface area contributed by atoms with Gasteiger partial charge in [0.1, 0.15) is 6.04 Å². The average molecular weight is 407 g/mol. The summed E-state index contributed by atoms with van der Waals surface area (Å²) in [4.78, 5) is 15.6. The van der Waals surface area contributed by atoms with E-state index < -0.39 is 29.8 Å². The lowest BCUT2D eigenvalue weighted by molar-refractivity contribution is -0.153. The second-order valence-corrected chi connectivity index (χ2v) is 7.19. The Morgan fingerprint density at radius 1 is 1.38 bits per heavy atom. The van der Waals surface area contributed by atoms with E-state index in [1.54, 1.807) is 32.9 Å². The standard InChI is InChI=1S/C19H25N3O7/c1-6-25-18(23)15(21-22-20)14(16-10(2)28-19(3,4)29-16)11-7-12(24-5)17-13(8-11)26-9-27-17/h7-8,10,14-16H,6,9H2,1-5H3/t10-,14-,15?,16+/m1/s1. The molecule has 10 heteroatoms. The van der Waals surface area contributed by atoms with Crippen molar-refractivity contribution in [2.45, 2.75) is 57.6 Å². The van der Waals surface area contributed by atoms with Gasteiger partial charge in [-0.25, -0.2) is 0 Å². The molecule has 0 saturated carbocycles. The number of ether oxygens (including phenoxy) is 6. The second-order valence-electron chi connectivity index (χ2n) is 7.19. The van der Waals surface area contributed by atoms with E-state index in [0.29, 0.717) is 22.8 Å². The normalized spacial score (nSPS) is 23.8. The fraction of sp³-hybridized carbons (Fsp3) is 0.632. The lowest BCUT2D eigenvalue weighted by atomic mass is 9.84. The van der Waals surface area contributed by atoms with Crippen molar-refractivity contribution >= 4 is 5.97 Å². The zero-order valence-corrected chi connectivity index (χ0v) is 17.1. The molecule has 10 nitrogen and oxygen atoms in total. The Balaban J connectivity index is 2.13. The topological polar surface area (TPSA) is 121 Å². The summed E-state index contributed by atoms with van der Waals surface area (Å²) in [5.41, 5.74) is 9.75. The minimum absolute atomic E-state index is 0.0595. The Bertz CT molecular complexity index is 822. The third kappa shape index (κ3) is 4.19. The molecule has 158 valence electrons. The van der Waals surface area contributed by atoms with E-state index in [9.17, 15) is 4.79 Å². The monoisotopic (exact) mass is 407 g/mol. The summed E-state index contributed by atoms with van der Waals surface area (Å²) in [6, 6.07) is 2.28. The molecular formula is C19H25N3O7. The zero-order chi connectivity index (χ0) is 21.2.